The van der Waals surface area contributed by atoms with Crippen LogP contribution in [0.5, 0.6) is 5.75 Å². The summed E-state index contributed by atoms with van der Waals surface area (Å²) < 4.78 is 11.4. The summed E-state index contributed by atoms with van der Waals surface area (Å²) in [6, 6.07) is 14.0. The summed E-state index contributed by atoms with van der Waals surface area (Å²) in [5.41, 5.74) is 4.05. The predicted molar refractivity (Wildman–Crippen MR) is 107 cm³/mol. The fraction of sp³-hybridized carbons (Fsp3) is 0.318. The highest BCUT2D eigenvalue weighted by Gasteiger charge is 2.15. The quantitative estimate of drug-likeness (QED) is 0.710. The molecule has 2 aromatic carbocycles. The number of piperazine rings is 1. The van der Waals surface area contributed by atoms with Crippen molar-refractivity contribution in [1.29, 1.82) is 0 Å². The second-order valence-corrected chi connectivity index (χ2v) is 7.18. The fourth-order valence-corrected chi connectivity index (χ4v) is 3.93. The van der Waals surface area contributed by atoms with Gasteiger partial charge in [0.15, 0.2) is 0 Å². The summed E-state index contributed by atoms with van der Waals surface area (Å²) in [7, 11) is 0. The minimum atomic E-state index is -0.310. The molecule has 0 amide bonds. The van der Waals surface area contributed by atoms with Gasteiger partial charge < -0.3 is 19.4 Å². The topological polar surface area (TPSA) is 54.7 Å². The number of anilines is 1. The molecule has 3 heterocycles. The SMILES string of the molecule is O=c1oc2cc(N3CCNCC3)ccc2cc1-c1ccc2c(c1)OCCC2. The summed E-state index contributed by atoms with van der Waals surface area (Å²) in [5.74, 6) is 0.882. The lowest BCUT2D eigenvalue weighted by atomic mass is 10.00. The molecule has 0 aliphatic carbocycles. The van der Waals surface area contributed by atoms with E-state index in [0.717, 1.165) is 68.0 Å². The maximum atomic E-state index is 12.7. The Morgan fingerprint density at radius 2 is 1.89 bits per heavy atom. The van der Waals surface area contributed by atoms with Crippen molar-refractivity contribution >= 4 is 16.7 Å². The first-order chi connectivity index (χ1) is 13.3. The second-order valence-electron chi connectivity index (χ2n) is 7.18. The van der Waals surface area contributed by atoms with Crippen LogP contribution in [0.4, 0.5) is 5.69 Å². The van der Waals surface area contributed by atoms with E-state index in [0.29, 0.717) is 11.1 Å². The molecule has 5 heteroatoms. The molecule has 5 rings (SSSR count). The average Bonchev–Trinajstić information content (AvgIpc) is 2.73. The Hall–Kier alpha value is -2.79. The number of nitrogens with zero attached hydrogens (tertiary/aromatic N) is 1. The van der Waals surface area contributed by atoms with Crippen LogP contribution in [0, 0.1) is 0 Å². The van der Waals surface area contributed by atoms with Crippen LogP contribution in [0.25, 0.3) is 22.1 Å². The van der Waals surface area contributed by atoms with E-state index in [1.807, 2.05) is 30.3 Å². The maximum Gasteiger partial charge on any atom is 0.344 e. The van der Waals surface area contributed by atoms with Crippen LogP contribution in [-0.4, -0.2) is 32.8 Å². The molecule has 1 N–H and O–H groups in total. The third-order valence-electron chi connectivity index (χ3n) is 5.43. The second kappa shape index (κ2) is 6.74. The van der Waals surface area contributed by atoms with Crippen LogP contribution in [0.1, 0.15) is 12.0 Å². The summed E-state index contributed by atoms with van der Waals surface area (Å²) in [5, 5.41) is 4.29. The zero-order valence-corrected chi connectivity index (χ0v) is 15.2. The molecule has 2 aliphatic rings. The third-order valence-corrected chi connectivity index (χ3v) is 5.43. The first-order valence-electron chi connectivity index (χ1n) is 9.58. The molecule has 0 saturated carbocycles. The summed E-state index contributed by atoms with van der Waals surface area (Å²) in [4.78, 5) is 15.0. The zero-order valence-electron chi connectivity index (χ0n) is 15.2. The molecule has 0 unspecified atom stereocenters. The van der Waals surface area contributed by atoms with Crippen LogP contribution in [0.15, 0.2) is 51.7 Å². The average molecular weight is 362 g/mol. The van der Waals surface area contributed by atoms with Gasteiger partial charge in [0.05, 0.1) is 12.2 Å². The normalized spacial score (nSPS) is 16.8. The van der Waals surface area contributed by atoms with Crippen molar-refractivity contribution in [3.05, 3.63) is 58.4 Å². The number of hydrogen-bond acceptors (Lipinski definition) is 5. The largest absolute Gasteiger partial charge is 0.493 e. The first-order valence-corrected chi connectivity index (χ1v) is 9.58. The van der Waals surface area contributed by atoms with Crippen molar-refractivity contribution in [1.82, 2.24) is 5.32 Å². The lowest BCUT2D eigenvalue weighted by Gasteiger charge is -2.29. The number of fused-ring (bicyclic) bond motifs is 2. The van der Waals surface area contributed by atoms with E-state index in [1.54, 1.807) is 0 Å². The minimum Gasteiger partial charge on any atom is -0.493 e. The Kier molecular flexibility index (Phi) is 4.09. The van der Waals surface area contributed by atoms with E-state index in [1.165, 1.54) is 5.56 Å². The predicted octanol–water partition coefficient (Wildman–Crippen LogP) is 3.19. The minimum absolute atomic E-state index is 0.310. The molecule has 0 radical (unpaired) electrons. The van der Waals surface area contributed by atoms with Gasteiger partial charge in [-0.3, -0.25) is 0 Å². The summed E-state index contributed by atoms with van der Waals surface area (Å²) in [6.45, 7) is 4.60. The van der Waals surface area contributed by atoms with E-state index >= 15 is 0 Å². The van der Waals surface area contributed by atoms with E-state index in [9.17, 15) is 4.79 Å². The Balaban J connectivity index is 1.54. The molecular formula is C22H22N2O3. The third kappa shape index (κ3) is 3.08. The Bertz CT molecular complexity index is 1050. The van der Waals surface area contributed by atoms with E-state index in [-0.39, 0.29) is 5.63 Å². The fourth-order valence-electron chi connectivity index (χ4n) is 3.93. The van der Waals surface area contributed by atoms with Gasteiger partial charge in [0.2, 0.25) is 0 Å². The molecule has 0 atom stereocenters. The van der Waals surface area contributed by atoms with Gasteiger partial charge in [0.25, 0.3) is 0 Å². The molecule has 0 bridgehead atoms. The Morgan fingerprint density at radius 3 is 2.78 bits per heavy atom. The van der Waals surface area contributed by atoms with Gasteiger partial charge in [-0.25, -0.2) is 4.79 Å². The molecule has 3 aromatic rings. The molecule has 1 fully saturated rings. The smallest absolute Gasteiger partial charge is 0.344 e. The highest BCUT2D eigenvalue weighted by atomic mass is 16.5. The zero-order chi connectivity index (χ0) is 18.2. The highest BCUT2D eigenvalue weighted by Crippen LogP contribution is 2.31. The van der Waals surface area contributed by atoms with Gasteiger partial charge in [-0.1, -0.05) is 12.1 Å². The highest BCUT2D eigenvalue weighted by molar-refractivity contribution is 5.84. The number of rotatable bonds is 2. The Labute approximate surface area is 157 Å². The molecule has 5 nitrogen and oxygen atoms in total. The molecular weight excluding hydrogens is 340 g/mol. The van der Waals surface area contributed by atoms with Gasteiger partial charge in [-0.2, -0.15) is 0 Å². The van der Waals surface area contributed by atoms with Crippen molar-refractivity contribution < 1.29 is 9.15 Å². The van der Waals surface area contributed by atoms with Gasteiger partial charge in [0, 0.05) is 43.3 Å². The van der Waals surface area contributed by atoms with E-state index in [4.69, 9.17) is 9.15 Å². The molecule has 1 aromatic heterocycles. The number of aryl methyl sites for hydroxylation is 1. The lowest BCUT2D eigenvalue weighted by molar-refractivity contribution is 0.288. The molecule has 2 aliphatic heterocycles. The monoisotopic (exact) mass is 362 g/mol. The molecule has 0 spiro atoms. The number of ether oxygens (including phenoxy) is 1. The van der Waals surface area contributed by atoms with Crippen LogP contribution in [-0.2, 0) is 6.42 Å². The number of benzene rings is 2. The first kappa shape index (κ1) is 16.4. The maximum absolute atomic E-state index is 12.7. The van der Waals surface area contributed by atoms with Crippen molar-refractivity contribution in [2.24, 2.45) is 0 Å². The number of nitrogens with one attached hydrogen (secondary N) is 1. The van der Waals surface area contributed by atoms with Crippen molar-refractivity contribution in [2.75, 3.05) is 37.7 Å². The summed E-state index contributed by atoms with van der Waals surface area (Å²) in [6.07, 6.45) is 2.07. The van der Waals surface area contributed by atoms with Crippen LogP contribution < -0.4 is 20.6 Å². The van der Waals surface area contributed by atoms with Crippen LogP contribution in [0.2, 0.25) is 0 Å². The van der Waals surface area contributed by atoms with Gasteiger partial charge >= 0.3 is 5.63 Å². The summed E-state index contributed by atoms with van der Waals surface area (Å²) >= 11 is 0. The van der Waals surface area contributed by atoms with Gasteiger partial charge in [0.1, 0.15) is 11.3 Å². The van der Waals surface area contributed by atoms with Crippen molar-refractivity contribution in [3.63, 3.8) is 0 Å². The van der Waals surface area contributed by atoms with Crippen LogP contribution in [0.3, 0.4) is 0 Å². The van der Waals surface area contributed by atoms with Gasteiger partial charge in [-0.15, -0.1) is 0 Å². The molecule has 27 heavy (non-hydrogen) atoms. The molecule has 138 valence electrons. The Morgan fingerprint density at radius 1 is 1.00 bits per heavy atom. The van der Waals surface area contributed by atoms with Crippen LogP contribution >= 0.6 is 0 Å². The van der Waals surface area contributed by atoms with Crippen molar-refractivity contribution in [2.45, 2.75) is 12.8 Å². The van der Waals surface area contributed by atoms with Crippen molar-refractivity contribution in [3.8, 4) is 16.9 Å². The van der Waals surface area contributed by atoms with E-state index in [2.05, 4.69) is 22.3 Å². The van der Waals surface area contributed by atoms with E-state index < -0.39 is 0 Å². The number of hydrogen-bond donors (Lipinski definition) is 1. The molecule has 1 saturated heterocycles. The standard InChI is InChI=1S/C22H22N2O3/c25-22-19(16-4-3-15-2-1-11-26-20(15)13-16)12-17-5-6-18(14-21(17)27-22)24-9-7-23-8-10-24/h3-6,12-14,23H,1-2,7-11H2. The van der Waals surface area contributed by atoms with Gasteiger partial charge in [-0.05, 0) is 48.2 Å². The lowest BCUT2D eigenvalue weighted by Crippen LogP contribution is -2.43.